The van der Waals surface area contributed by atoms with Crippen LogP contribution in [0.5, 0.6) is 0 Å². The van der Waals surface area contributed by atoms with E-state index in [4.69, 9.17) is 9.47 Å². The highest BCUT2D eigenvalue weighted by Gasteiger charge is 2.32. The number of Topliss-reactive ketones (excluding diaryl/α,β-unsaturated/α-hetero) is 1. The Bertz CT molecular complexity index is 768. The second-order valence-electron chi connectivity index (χ2n) is 9.00. The van der Waals surface area contributed by atoms with Gasteiger partial charge in [-0.05, 0) is 32.6 Å². The van der Waals surface area contributed by atoms with Gasteiger partial charge in [0, 0.05) is 5.56 Å². The average Bonchev–Trinajstić information content (AvgIpc) is 2.66. The molecule has 0 aliphatic heterocycles. The number of hydrogen-bond donors (Lipinski definition) is 2. The first-order chi connectivity index (χ1) is 14.3. The predicted molar refractivity (Wildman–Crippen MR) is 116 cm³/mol. The molecule has 8 nitrogen and oxygen atoms in total. The first-order valence-electron chi connectivity index (χ1n) is 10.4. The number of benzene rings is 1. The highest BCUT2D eigenvalue weighted by molar-refractivity contribution is 5.98. The predicted octanol–water partition coefficient (Wildman–Crippen LogP) is 3.10. The lowest BCUT2D eigenvalue weighted by molar-refractivity contribution is -0.148. The molecule has 0 bridgehead atoms. The highest BCUT2D eigenvalue weighted by Crippen LogP contribution is 2.11. The fourth-order valence-corrected chi connectivity index (χ4v) is 2.64. The van der Waals surface area contributed by atoms with Crippen molar-refractivity contribution in [1.82, 2.24) is 10.6 Å². The number of carbonyl (C=O) groups is 4. The maximum Gasteiger partial charge on any atom is 0.408 e. The first-order valence-corrected chi connectivity index (χ1v) is 10.4. The molecule has 1 aromatic carbocycles. The van der Waals surface area contributed by atoms with Gasteiger partial charge in [0.15, 0.2) is 12.4 Å². The van der Waals surface area contributed by atoms with E-state index >= 15 is 0 Å². The van der Waals surface area contributed by atoms with Crippen molar-refractivity contribution < 1.29 is 28.7 Å². The minimum Gasteiger partial charge on any atom is -0.456 e. The number of ketones is 1. The first kappa shape index (κ1) is 26.1. The van der Waals surface area contributed by atoms with Crippen LogP contribution in [0.2, 0.25) is 0 Å². The highest BCUT2D eigenvalue weighted by atomic mass is 16.6. The summed E-state index contributed by atoms with van der Waals surface area (Å²) in [5.74, 6) is -2.14. The van der Waals surface area contributed by atoms with Crippen LogP contribution in [0, 0.1) is 11.8 Å². The third-order valence-corrected chi connectivity index (χ3v) is 4.28. The molecule has 1 rings (SSSR count). The number of nitrogens with one attached hydrogen (secondary N) is 2. The summed E-state index contributed by atoms with van der Waals surface area (Å²) in [4.78, 5) is 49.6. The van der Waals surface area contributed by atoms with Gasteiger partial charge in [-0.1, -0.05) is 58.0 Å². The van der Waals surface area contributed by atoms with E-state index in [0.29, 0.717) is 5.56 Å². The second kappa shape index (κ2) is 11.5. The third kappa shape index (κ3) is 9.19. The SMILES string of the molecule is CC(C)[C@H](NC(=O)OC(C)(C)C)C(=O)N[C@H](C(=O)OCC(=O)c1ccccc1)C(C)C. The van der Waals surface area contributed by atoms with Crippen LogP contribution in [0.3, 0.4) is 0 Å². The Balaban J connectivity index is 2.77. The van der Waals surface area contributed by atoms with E-state index in [0.717, 1.165) is 0 Å². The normalized spacial score (nSPS) is 13.3. The molecule has 0 fully saturated rings. The molecular formula is C23H34N2O6. The Morgan fingerprint density at radius 1 is 0.871 bits per heavy atom. The molecule has 0 spiro atoms. The molecule has 31 heavy (non-hydrogen) atoms. The zero-order valence-corrected chi connectivity index (χ0v) is 19.4. The van der Waals surface area contributed by atoms with Gasteiger partial charge in [-0.15, -0.1) is 0 Å². The van der Waals surface area contributed by atoms with Crippen molar-refractivity contribution in [3.8, 4) is 0 Å². The van der Waals surface area contributed by atoms with Crippen molar-refractivity contribution in [2.24, 2.45) is 11.8 Å². The number of alkyl carbamates (subject to hydrolysis) is 1. The van der Waals surface area contributed by atoms with Crippen LogP contribution in [0.15, 0.2) is 30.3 Å². The van der Waals surface area contributed by atoms with Crippen molar-refractivity contribution in [2.75, 3.05) is 6.61 Å². The van der Waals surface area contributed by atoms with Crippen LogP contribution in [0.25, 0.3) is 0 Å². The van der Waals surface area contributed by atoms with Crippen LogP contribution < -0.4 is 10.6 Å². The van der Waals surface area contributed by atoms with Crippen molar-refractivity contribution in [1.29, 1.82) is 0 Å². The van der Waals surface area contributed by atoms with E-state index < -0.39 is 42.3 Å². The molecule has 8 heteroatoms. The van der Waals surface area contributed by atoms with E-state index in [9.17, 15) is 19.2 Å². The van der Waals surface area contributed by atoms with Crippen LogP contribution in [-0.4, -0.2) is 48.0 Å². The lowest BCUT2D eigenvalue weighted by atomic mass is 10.0. The van der Waals surface area contributed by atoms with Crippen LogP contribution in [0.1, 0.15) is 58.8 Å². The molecule has 0 aliphatic rings. The number of esters is 1. The van der Waals surface area contributed by atoms with E-state index in [2.05, 4.69) is 10.6 Å². The molecule has 2 amide bonds. The van der Waals surface area contributed by atoms with E-state index in [-0.39, 0.29) is 17.6 Å². The number of rotatable bonds is 9. The maximum absolute atomic E-state index is 12.8. The summed E-state index contributed by atoms with van der Waals surface area (Å²) in [7, 11) is 0. The molecular weight excluding hydrogens is 400 g/mol. The molecule has 2 N–H and O–H groups in total. The number of ether oxygens (including phenoxy) is 2. The molecule has 0 saturated heterocycles. The molecule has 0 aliphatic carbocycles. The number of amides is 2. The van der Waals surface area contributed by atoms with Gasteiger partial charge in [-0.2, -0.15) is 0 Å². The summed E-state index contributed by atoms with van der Waals surface area (Å²) in [6.07, 6.45) is -0.724. The monoisotopic (exact) mass is 434 g/mol. The lowest BCUT2D eigenvalue weighted by Crippen LogP contribution is -2.55. The Kier molecular flexibility index (Phi) is 9.68. The van der Waals surface area contributed by atoms with Gasteiger partial charge < -0.3 is 20.1 Å². The maximum atomic E-state index is 12.8. The smallest absolute Gasteiger partial charge is 0.408 e. The Morgan fingerprint density at radius 3 is 1.90 bits per heavy atom. The van der Waals surface area contributed by atoms with Crippen LogP contribution >= 0.6 is 0 Å². The van der Waals surface area contributed by atoms with Gasteiger partial charge in [0.05, 0.1) is 0 Å². The fraction of sp³-hybridized carbons (Fsp3) is 0.565. The fourth-order valence-electron chi connectivity index (χ4n) is 2.64. The van der Waals surface area contributed by atoms with Crippen molar-refractivity contribution in [3.05, 3.63) is 35.9 Å². The third-order valence-electron chi connectivity index (χ3n) is 4.28. The Labute approximate surface area is 184 Å². The molecule has 0 radical (unpaired) electrons. The zero-order valence-electron chi connectivity index (χ0n) is 19.4. The van der Waals surface area contributed by atoms with Gasteiger partial charge in [-0.3, -0.25) is 9.59 Å². The van der Waals surface area contributed by atoms with E-state index in [1.54, 1.807) is 78.8 Å². The number of carbonyl (C=O) groups excluding carboxylic acids is 4. The van der Waals surface area contributed by atoms with Crippen molar-refractivity contribution >= 4 is 23.8 Å². The quantitative estimate of drug-likeness (QED) is 0.456. The largest absolute Gasteiger partial charge is 0.456 e. The van der Waals surface area contributed by atoms with Gasteiger partial charge in [0.2, 0.25) is 5.91 Å². The van der Waals surface area contributed by atoms with Crippen molar-refractivity contribution in [3.63, 3.8) is 0 Å². The Hall–Kier alpha value is -2.90. The molecule has 172 valence electrons. The zero-order chi connectivity index (χ0) is 23.8. The summed E-state index contributed by atoms with van der Waals surface area (Å²) >= 11 is 0. The molecule has 0 aromatic heterocycles. The summed E-state index contributed by atoms with van der Waals surface area (Å²) in [5, 5.41) is 5.18. The van der Waals surface area contributed by atoms with Gasteiger partial charge >= 0.3 is 12.1 Å². The van der Waals surface area contributed by atoms with Gasteiger partial charge in [-0.25, -0.2) is 9.59 Å². The second-order valence-corrected chi connectivity index (χ2v) is 9.00. The standard InChI is InChI=1S/C23H34N2O6/c1-14(2)18(25-22(29)31-23(5,6)7)20(27)24-19(15(3)4)21(28)30-13-17(26)16-11-9-8-10-12-16/h8-12,14-15,18-19H,13H2,1-7H3,(H,24,27)(H,25,29)/t18-,19-/m0/s1. The molecule has 1 aromatic rings. The molecule has 0 unspecified atom stereocenters. The van der Waals surface area contributed by atoms with Gasteiger partial charge in [0.25, 0.3) is 0 Å². The number of hydrogen-bond acceptors (Lipinski definition) is 6. The minimum absolute atomic E-state index is 0.254. The summed E-state index contributed by atoms with van der Waals surface area (Å²) < 4.78 is 10.4. The summed E-state index contributed by atoms with van der Waals surface area (Å²) in [5.41, 5.74) is -0.278. The van der Waals surface area contributed by atoms with Crippen molar-refractivity contribution in [2.45, 2.75) is 66.2 Å². The molecule has 0 heterocycles. The average molecular weight is 435 g/mol. The van der Waals surface area contributed by atoms with E-state index in [1.807, 2.05) is 0 Å². The van der Waals surface area contributed by atoms with Gasteiger partial charge in [0.1, 0.15) is 17.7 Å². The summed E-state index contributed by atoms with van der Waals surface area (Å²) in [6, 6.07) is 6.60. The minimum atomic E-state index is -0.974. The van der Waals surface area contributed by atoms with E-state index in [1.165, 1.54) is 0 Å². The topological polar surface area (TPSA) is 111 Å². The van der Waals surface area contributed by atoms with Crippen LogP contribution in [0.4, 0.5) is 4.79 Å². The lowest BCUT2D eigenvalue weighted by Gasteiger charge is -2.27. The molecule has 2 atom stereocenters. The Morgan fingerprint density at radius 2 is 1.42 bits per heavy atom. The summed E-state index contributed by atoms with van der Waals surface area (Å²) in [6.45, 7) is 11.8. The molecule has 0 saturated carbocycles. The van der Waals surface area contributed by atoms with Crippen LogP contribution in [-0.2, 0) is 19.1 Å².